The van der Waals surface area contributed by atoms with E-state index in [0.717, 1.165) is 49.4 Å². The lowest BCUT2D eigenvalue weighted by Gasteiger charge is -2.12. The minimum Gasteiger partial charge on any atom is -0.208 e. The molecule has 0 N–H and O–H groups in total. The number of benzene rings is 9. The van der Waals surface area contributed by atoms with E-state index in [1.165, 1.54) is 42.1 Å². The first kappa shape index (κ1) is 31.5. The van der Waals surface area contributed by atoms with Crippen LogP contribution in [0.15, 0.2) is 188 Å². The first-order valence-corrected chi connectivity index (χ1v) is 19.3. The Morgan fingerprint density at radius 1 is 0.309 bits per heavy atom. The van der Waals surface area contributed by atoms with E-state index in [1.807, 2.05) is 11.3 Å². The first-order valence-electron chi connectivity index (χ1n) is 18.5. The van der Waals surface area contributed by atoms with Crippen molar-refractivity contribution in [3.63, 3.8) is 0 Å². The molecule has 0 saturated carbocycles. The maximum atomic E-state index is 5.19. The van der Waals surface area contributed by atoms with Crippen LogP contribution in [0.4, 0.5) is 0 Å². The van der Waals surface area contributed by atoms with Gasteiger partial charge in [-0.05, 0) is 72.8 Å². The topological polar surface area (TPSA) is 38.7 Å². The van der Waals surface area contributed by atoms with E-state index >= 15 is 0 Å². The molecule has 256 valence electrons. The fourth-order valence-electron chi connectivity index (χ4n) is 8.09. The molecule has 0 atom stereocenters. The summed E-state index contributed by atoms with van der Waals surface area (Å²) in [6.45, 7) is 0. The van der Waals surface area contributed by atoms with E-state index in [2.05, 4.69) is 188 Å². The summed E-state index contributed by atoms with van der Waals surface area (Å²) in [4.78, 5) is 15.5. The molecule has 0 saturated heterocycles. The molecule has 0 amide bonds. The summed E-state index contributed by atoms with van der Waals surface area (Å²) in [6.07, 6.45) is 0. The normalized spacial score (nSPS) is 11.6. The van der Waals surface area contributed by atoms with Crippen LogP contribution in [-0.4, -0.2) is 15.0 Å². The zero-order valence-corrected chi connectivity index (χ0v) is 30.5. The molecule has 9 aromatic carbocycles. The molecular formula is C51H31N3S. The van der Waals surface area contributed by atoms with Crippen molar-refractivity contribution in [1.82, 2.24) is 15.0 Å². The van der Waals surface area contributed by atoms with Gasteiger partial charge in [0, 0.05) is 36.9 Å². The van der Waals surface area contributed by atoms with Crippen LogP contribution in [0.2, 0.25) is 0 Å². The van der Waals surface area contributed by atoms with Crippen LogP contribution in [0, 0.1) is 0 Å². The van der Waals surface area contributed by atoms with Crippen LogP contribution in [-0.2, 0) is 0 Å². The third kappa shape index (κ3) is 5.38. The maximum absolute atomic E-state index is 5.19. The molecule has 2 heterocycles. The van der Waals surface area contributed by atoms with Crippen LogP contribution in [0.1, 0.15) is 0 Å². The largest absolute Gasteiger partial charge is 0.208 e. The van der Waals surface area contributed by atoms with Crippen LogP contribution < -0.4 is 0 Å². The van der Waals surface area contributed by atoms with Gasteiger partial charge in [0.25, 0.3) is 0 Å². The fraction of sp³-hybridized carbons (Fsp3) is 0. The van der Waals surface area contributed by atoms with E-state index < -0.39 is 0 Å². The van der Waals surface area contributed by atoms with Crippen LogP contribution in [0.25, 0.3) is 109 Å². The predicted molar refractivity (Wildman–Crippen MR) is 232 cm³/mol. The number of fused-ring (bicyclic) bond motifs is 7. The van der Waals surface area contributed by atoms with Crippen molar-refractivity contribution in [3.8, 4) is 56.4 Å². The Kier molecular flexibility index (Phi) is 7.35. The minimum atomic E-state index is 0.640. The molecule has 3 nitrogen and oxygen atoms in total. The Hall–Kier alpha value is -7.01. The number of thiophene rings is 1. The molecule has 0 aliphatic carbocycles. The highest BCUT2D eigenvalue weighted by Crippen LogP contribution is 2.43. The number of hydrogen-bond donors (Lipinski definition) is 0. The minimum absolute atomic E-state index is 0.640. The zero-order chi connectivity index (χ0) is 36.3. The van der Waals surface area contributed by atoms with Gasteiger partial charge in [-0.3, -0.25) is 0 Å². The van der Waals surface area contributed by atoms with Crippen molar-refractivity contribution in [2.24, 2.45) is 0 Å². The summed E-state index contributed by atoms with van der Waals surface area (Å²) < 4.78 is 2.62. The van der Waals surface area contributed by atoms with Gasteiger partial charge in [-0.15, -0.1) is 11.3 Å². The summed E-state index contributed by atoms with van der Waals surface area (Å²) in [6, 6.07) is 66.9. The van der Waals surface area contributed by atoms with E-state index in [4.69, 9.17) is 15.0 Å². The summed E-state index contributed by atoms with van der Waals surface area (Å²) in [5.74, 6) is 1.95. The Balaban J connectivity index is 1.05. The number of rotatable bonds is 5. The molecule has 4 heteroatoms. The molecule has 11 rings (SSSR count). The second-order valence-corrected chi connectivity index (χ2v) is 15.0. The summed E-state index contributed by atoms with van der Waals surface area (Å²) in [7, 11) is 0. The molecule has 11 aromatic rings. The highest BCUT2D eigenvalue weighted by molar-refractivity contribution is 7.26. The predicted octanol–water partition coefficient (Wildman–Crippen LogP) is 14.0. The standard InChI is InChI=1S/C51H31N3S/c1-4-21-39-32(12-1)15-9-25-43(39)50-52-49(53-51(54-50)44-26-10-16-33-13-2-5-22-40(33)44)38-20-8-18-36(31-38)35-17-7-19-37(30-35)42-24-11-27-45-47-41-23-6-3-14-34(41)28-29-46(47)55-48(42)45/h1-31H. The van der Waals surface area contributed by atoms with Gasteiger partial charge in [0.15, 0.2) is 17.5 Å². The van der Waals surface area contributed by atoms with Crippen molar-refractivity contribution in [1.29, 1.82) is 0 Å². The lowest BCUT2D eigenvalue weighted by Crippen LogP contribution is -2.01. The number of aromatic nitrogens is 3. The number of nitrogens with zero attached hydrogens (tertiary/aromatic N) is 3. The van der Waals surface area contributed by atoms with Crippen molar-refractivity contribution in [2.75, 3.05) is 0 Å². The van der Waals surface area contributed by atoms with Gasteiger partial charge in [0.05, 0.1) is 0 Å². The Labute approximate surface area is 321 Å². The fourth-order valence-corrected chi connectivity index (χ4v) is 9.34. The van der Waals surface area contributed by atoms with E-state index in [0.29, 0.717) is 17.5 Å². The molecule has 0 aliphatic rings. The van der Waals surface area contributed by atoms with Crippen molar-refractivity contribution in [3.05, 3.63) is 188 Å². The summed E-state index contributed by atoms with van der Waals surface area (Å²) >= 11 is 1.88. The molecule has 2 aromatic heterocycles. The Morgan fingerprint density at radius 3 is 1.44 bits per heavy atom. The molecular weight excluding hydrogens is 687 g/mol. The van der Waals surface area contributed by atoms with Crippen LogP contribution >= 0.6 is 11.3 Å². The van der Waals surface area contributed by atoms with Gasteiger partial charge in [-0.2, -0.15) is 0 Å². The van der Waals surface area contributed by atoms with Gasteiger partial charge >= 0.3 is 0 Å². The Morgan fingerprint density at radius 2 is 0.764 bits per heavy atom. The molecule has 0 aliphatic heterocycles. The smallest absolute Gasteiger partial charge is 0.164 e. The van der Waals surface area contributed by atoms with E-state index in [1.54, 1.807) is 0 Å². The SMILES string of the molecule is c1cc(-c2cccc(-c3cccc4c3sc3ccc5ccccc5c34)c2)cc(-c2nc(-c3cccc4ccccc34)nc(-c3cccc4ccccc34)n2)c1. The highest BCUT2D eigenvalue weighted by Gasteiger charge is 2.17. The van der Waals surface area contributed by atoms with Crippen molar-refractivity contribution < 1.29 is 0 Å². The van der Waals surface area contributed by atoms with Crippen LogP contribution in [0.3, 0.4) is 0 Å². The van der Waals surface area contributed by atoms with Gasteiger partial charge in [-0.25, -0.2) is 15.0 Å². The summed E-state index contributed by atoms with van der Waals surface area (Å²) in [5, 5.41) is 9.74. The van der Waals surface area contributed by atoms with E-state index in [9.17, 15) is 0 Å². The van der Waals surface area contributed by atoms with Gasteiger partial charge < -0.3 is 0 Å². The Bertz CT molecular complexity index is 3180. The lowest BCUT2D eigenvalue weighted by atomic mass is 9.96. The zero-order valence-electron chi connectivity index (χ0n) is 29.6. The molecule has 0 unspecified atom stereocenters. The monoisotopic (exact) mass is 717 g/mol. The maximum Gasteiger partial charge on any atom is 0.164 e. The van der Waals surface area contributed by atoms with Gasteiger partial charge in [0.2, 0.25) is 0 Å². The second kappa shape index (κ2) is 12.8. The first-order chi connectivity index (χ1) is 27.2. The molecule has 0 spiro atoms. The third-order valence-electron chi connectivity index (χ3n) is 10.7. The van der Waals surface area contributed by atoms with Crippen molar-refractivity contribution >= 4 is 63.8 Å². The molecule has 0 radical (unpaired) electrons. The molecule has 0 fully saturated rings. The number of hydrogen-bond acceptors (Lipinski definition) is 4. The van der Waals surface area contributed by atoms with Gasteiger partial charge in [0.1, 0.15) is 0 Å². The van der Waals surface area contributed by atoms with Crippen molar-refractivity contribution in [2.45, 2.75) is 0 Å². The average Bonchev–Trinajstić information content (AvgIpc) is 3.66. The average molecular weight is 718 g/mol. The molecule has 0 bridgehead atoms. The van der Waals surface area contributed by atoms with E-state index in [-0.39, 0.29) is 0 Å². The molecule has 55 heavy (non-hydrogen) atoms. The quantitative estimate of drug-likeness (QED) is 0.178. The van der Waals surface area contributed by atoms with Gasteiger partial charge in [-0.1, -0.05) is 170 Å². The summed E-state index contributed by atoms with van der Waals surface area (Å²) in [5.41, 5.74) is 7.59. The second-order valence-electron chi connectivity index (χ2n) is 14.0. The van der Waals surface area contributed by atoms with Crippen LogP contribution in [0.5, 0.6) is 0 Å². The highest BCUT2D eigenvalue weighted by atomic mass is 32.1. The lowest BCUT2D eigenvalue weighted by molar-refractivity contribution is 1.08. The third-order valence-corrected chi connectivity index (χ3v) is 11.9.